The molecule has 0 fully saturated rings. The maximum absolute atomic E-state index is 12.1. The molecule has 3 unspecified atom stereocenters. The van der Waals surface area contributed by atoms with Crippen molar-refractivity contribution < 1.29 is 9.59 Å². The molecule has 6 heteroatoms. The zero-order valence-corrected chi connectivity index (χ0v) is 14.0. The van der Waals surface area contributed by atoms with E-state index in [0.29, 0.717) is 6.42 Å². The number of aryl methyl sites for hydroxylation is 1. The number of carbonyl (C=O) groups is 2. The molecule has 0 spiro atoms. The van der Waals surface area contributed by atoms with Gasteiger partial charge >= 0.3 is 0 Å². The molecule has 1 aromatic rings. The highest BCUT2D eigenvalue weighted by atomic mass is 35.5. The summed E-state index contributed by atoms with van der Waals surface area (Å²) < 4.78 is 0. The van der Waals surface area contributed by atoms with E-state index in [1.807, 2.05) is 32.9 Å². The summed E-state index contributed by atoms with van der Waals surface area (Å²) in [5, 5.41) is 5.84. The van der Waals surface area contributed by atoms with Crippen LogP contribution < -0.4 is 16.4 Å². The van der Waals surface area contributed by atoms with Crippen LogP contribution in [0.2, 0.25) is 0 Å². The first-order valence-corrected chi connectivity index (χ1v) is 7.37. The molecule has 2 amide bonds. The van der Waals surface area contributed by atoms with Crippen molar-refractivity contribution in [2.45, 2.75) is 45.7 Å². The largest absolute Gasteiger partial charge is 0.349 e. The molecule has 0 aliphatic carbocycles. The predicted octanol–water partition coefficient (Wildman–Crippen LogP) is 2.15. The second-order valence-electron chi connectivity index (χ2n) is 5.84. The molecular formula is C16H24ClN3O2. The number of hydrogen-bond donors (Lipinski definition) is 3. The van der Waals surface area contributed by atoms with Gasteiger partial charge in [0.15, 0.2) is 0 Å². The van der Waals surface area contributed by atoms with Gasteiger partial charge in [-0.1, -0.05) is 19.1 Å². The van der Waals surface area contributed by atoms with Crippen LogP contribution in [-0.4, -0.2) is 17.9 Å². The molecular weight excluding hydrogens is 302 g/mol. The zero-order chi connectivity index (χ0) is 15.6. The molecule has 0 saturated heterocycles. The maximum Gasteiger partial charge on any atom is 0.224 e. The number of amides is 2. The Morgan fingerprint density at radius 3 is 2.59 bits per heavy atom. The summed E-state index contributed by atoms with van der Waals surface area (Å²) in [6.45, 7) is 5.61. The van der Waals surface area contributed by atoms with E-state index >= 15 is 0 Å². The van der Waals surface area contributed by atoms with Gasteiger partial charge in [-0.2, -0.15) is 0 Å². The molecule has 22 heavy (non-hydrogen) atoms. The summed E-state index contributed by atoms with van der Waals surface area (Å²) in [7, 11) is 0. The SMILES string of the molecule is CC(NC(=O)C(C)C(C)N)c1ccc2c(c1)CCC(=O)N2.Cl. The molecule has 2 rings (SSSR count). The van der Waals surface area contributed by atoms with Gasteiger partial charge in [0.2, 0.25) is 11.8 Å². The molecule has 1 aromatic carbocycles. The molecule has 1 heterocycles. The Bertz CT molecular complexity index is 560. The molecule has 4 N–H and O–H groups in total. The molecule has 0 bridgehead atoms. The van der Waals surface area contributed by atoms with E-state index in [1.54, 1.807) is 0 Å². The summed E-state index contributed by atoms with van der Waals surface area (Å²) in [4.78, 5) is 23.4. The Morgan fingerprint density at radius 1 is 1.27 bits per heavy atom. The number of halogens is 1. The first-order valence-electron chi connectivity index (χ1n) is 7.37. The molecule has 0 saturated carbocycles. The van der Waals surface area contributed by atoms with Crippen LogP contribution in [0.15, 0.2) is 18.2 Å². The number of nitrogens with two attached hydrogens (primary N) is 1. The number of carbonyl (C=O) groups excluding carboxylic acids is 2. The quantitative estimate of drug-likeness (QED) is 0.793. The van der Waals surface area contributed by atoms with Gasteiger partial charge < -0.3 is 16.4 Å². The Kier molecular flexibility index (Phi) is 6.38. The highest BCUT2D eigenvalue weighted by Gasteiger charge is 2.20. The van der Waals surface area contributed by atoms with Crippen molar-refractivity contribution in [3.63, 3.8) is 0 Å². The molecule has 5 nitrogen and oxygen atoms in total. The average Bonchev–Trinajstić information content (AvgIpc) is 2.45. The second-order valence-corrected chi connectivity index (χ2v) is 5.84. The van der Waals surface area contributed by atoms with Crippen LogP contribution in [0, 0.1) is 5.92 Å². The molecule has 122 valence electrons. The molecule has 0 aromatic heterocycles. The Labute approximate surface area is 137 Å². The maximum atomic E-state index is 12.1. The van der Waals surface area contributed by atoms with Gasteiger partial charge in [0.1, 0.15) is 0 Å². The fourth-order valence-corrected chi connectivity index (χ4v) is 2.34. The van der Waals surface area contributed by atoms with E-state index < -0.39 is 0 Å². The molecule has 1 aliphatic rings. The van der Waals surface area contributed by atoms with Crippen molar-refractivity contribution >= 4 is 29.9 Å². The van der Waals surface area contributed by atoms with Crippen molar-refractivity contribution in [2.24, 2.45) is 11.7 Å². The monoisotopic (exact) mass is 325 g/mol. The lowest BCUT2D eigenvalue weighted by Crippen LogP contribution is -2.39. The minimum atomic E-state index is -0.218. The van der Waals surface area contributed by atoms with E-state index in [2.05, 4.69) is 16.7 Å². The van der Waals surface area contributed by atoms with Crippen LogP contribution in [0.1, 0.15) is 44.4 Å². The topological polar surface area (TPSA) is 84.2 Å². The van der Waals surface area contributed by atoms with Crippen LogP contribution in [0.25, 0.3) is 0 Å². The fraction of sp³-hybridized carbons (Fsp3) is 0.500. The Balaban J connectivity index is 0.00000242. The minimum absolute atomic E-state index is 0. The average molecular weight is 326 g/mol. The van der Waals surface area contributed by atoms with Gasteiger partial charge in [-0.15, -0.1) is 12.4 Å². The standard InChI is InChI=1S/C16H23N3O2.ClH/c1-9(10(2)17)16(21)18-11(3)12-4-6-14-13(8-12)5-7-15(20)19-14;/h4,6,8-11H,5,7,17H2,1-3H3,(H,18,21)(H,19,20);1H. The highest BCUT2D eigenvalue weighted by molar-refractivity contribution is 5.93. The zero-order valence-electron chi connectivity index (χ0n) is 13.2. The summed E-state index contributed by atoms with van der Waals surface area (Å²) in [5.41, 5.74) is 8.78. The fourth-order valence-electron chi connectivity index (χ4n) is 2.34. The second kappa shape index (κ2) is 7.61. The van der Waals surface area contributed by atoms with Crippen LogP contribution in [0.5, 0.6) is 0 Å². The summed E-state index contributed by atoms with van der Waals surface area (Å²) in [6.07, 6.45) is 1.25. The van der Waals surface area contributed by atoms with Crippen LogP contribution in [0.4, 0.5) is 5.69 Å². The molecule has 0 radical (unpaired) electrons. The van der Waals surface area contributed by atoms with E-state index in [-0.39, 0.29) is 42.2 Å². The summed E-state index contributed by atoms with van der Waals surface area (Å²) in [5.74, 6) is -0.199. The van der Waals surface area contributed by atoms with Gasteiger partial charge in [0, 0.05) is 24.1 Å². The van der Waals surface area contributed by atoms with Crippen LogP contribution in [0.3, 0.4) is 0 Å². The van der Waals surface area contributed by atoms with E-state index in [0.717, 1.165) is 23.2 Å². The first kappa shape index (κ1) is 18.5. The number of anilines is 1. The van der Waals surface area contributed by atoms with E-state index in [9.17, 15) is 9.59 Å². The van der Waals surface area contributed by atoms with Gasteiger partial charge in [0.05, 0.1) is 6.04 Å². The first-order chi connectivity index (χ1) is 9.88. The third-order valence-corrected chi connectivity index (χ3v) is 4.09. The van der Waals surface area contributed by atoms with Gasteiger partial charge in [0.25, 0.3) is 0 Å². The van der Waals surface area contributed by atoms with Gasteiger partial charge in [-0.05, 0) is 37.5 Å². The van der Waals surface area contributed by atoms with E-state index in [1.165, 1.54) is 0 Å². The normalized spacial score (nSPS) is 17.4. The summed E-state index contributed by atoms with van der Waals surface area (Å²) in [6, 6.07) is 5.64. The lowest BCUT2D eigenvalue weighted by molar-refractivity contribution is -0.125. The smallest absolute Gasteiger partial charge is 0.224 e. The number of nitrogens with one attached hydrogen (secondary N) is 2. The van der Waals surface area contributed by atoms with Crippen molar-refractivity contribution in [1.29, 1.82) is 0 Å². The van der Waals surface area contributed by atoms with Crippen molar-refractivity contribution in [3.05, 3.63) is 29.3 Å². The van der Waals surface area contributed by atoms with Crippen LogP contribution >= 0.6 is 12.4 Å². The third-order valence-electron chi connectivity index (χ3n) is 4.09. The van der Waals surface area contributed by atoms with Gasteiger partial charge in [-0.25, -0.2) is 0 Å². The number of benzene rings is 1. The molecule has 1 aliphatic heterocycles. The lowest BCUT2D eigenvalue weighted by Gasteiger charge is -2.22. The minimum Gasteiger partial charge on any atom is -0.349 e. The molecule has 3 atom stereocenters. The Morgan fingerprint density at radius 2 is 1.95 bits per heavy atom. The van der Waals surface area contributed by atoms with E-state index in [4.69, 9.17) is 5.73 Å². The van der Waals surface area contributed by atoms with Crippen molar-refractivity contribution in [1.82, 2.24) is 5.32 Å². The Hall–Kier alpha value is -1.59. The van der Waals surface area contributed by atoms with Crippen molar-refractivity contribution in [2.75, 3.05) is 5.32 Å². The third kappa shape index (κ3) is 4.21. The number of fused-ring (bicyclic) bond motifs is 1. The number of hydrogen-bond acceptors (Lipinski definition) is 3. The van der Waals surface area contributed by atoms with Crippen LogP contribution in [-0.2, 0) is 16.0 Å². The lowest BCUT2D eigenvalue weighted by atomic mass is 9.97. The van der Waals surface area contributed by atoms with Gasteiger partial charge in [-0.3, -0.25) is 9.59 Å². The number of rotatable bonds is 4. The van der Waals surface area contributed by atoms with Crippen molar-refractivity contribution in [3.8, 4) is 0 Å². The highest BCUT2D eigenvalue weighted by Crippen LogP contribution is 2.26. The summed E-state index contributed by atoms with van der Waals surface area (Å²) >= 11 is 0. The predicted molar refractivity (Wildman–Crippen MR) is 90.0 cm³/mol.